The van der Waals surface area contributed by atoms with E-state index in [4.69, 9.17) is 4.74 Å². The fraction of sp³-hybridized carbons (Fsp3) is 0.368. The predicted molar refractivity (Wildman–Crippen MR) is 103 cm³/mol. The lowest BCUT2D eigenvalue weighted by Gasteiger charge is -2.17. The van der Waals surface area contributed by atoms with Crippen LogP contribution in [0.2, 0.25) is 0 Å². The summed E-state index contributed by atoms with van der Waals surface area (Å²) in [5.41, 5.74) is 1.21. The third-order valence-corrected chi connectivity index (χ3v) is 6.59. The summed E-state index contributed by atoms with van der Waals surface area (Å²) in [7, 11) is -3.44. The Morgan fingerprint density at radius 1 is 1.16 bits per heavy atom. The maximum absolute atomic E-state index is 12.6. The molecule has 0 radical (unpaired) electrons. The molecule has 1 unspecified atom stereocenters. The number of hydrogen-bond acceptors (Lipinski definition) is 4. The van der Waals surface area contributed by atoms with Crippen LogP contribution in [-0.4, -0.2) is 37.2 Å². The van der Waals surface area contributed by atoms with Crippen LogP contribution < -0.4 is 4.74 Å². The van der Waals surface area contributed by atoms with Crippen molar-refractivity contribution in [1.82, 2.24) is 4.31 Å². The molecule has 1 aliphatic rings. The molecule has 0 spiro atoms. The Morgan fingerprint density at radius 3 is 2.44 bits per heavy atom. The van der Waals surface area contributed by atoms with Gasteiger partial charge in [0.1, 0.15) is 5.75 Å². The van der Waals surface area contributed by atoms with Crippen LogP contribution in [0.5, 0.6) is 5.75 Å². The van der Waals surface area contributed by atoms with Gasteiger partial charge in [-0.15, -0.1) is 0 Å². The Kier molecular flexibility index (Phi) is 5.71. The fourth-order valence-electron chi connectivity index (χ4n) is 2.99. The van der Waals surface area contributed by atoms with Crippen LogP contribution in [0, 0.1) is 0 Å². The fourth-order valence-corrected chi connectivity index (χ4v) is 4.91. The standard InChI is InChI=1S/C19H23NO3S2/c1-15(13-16-5-3-2-4-6-16)23-17-7-9-19(10-8-17)25(21,22)20-12-11-18(24)14-20/h2-10,15,18,24H,11-14H2,1H3/t15?,18-/m0/s1. The van der Waals surface area contributed by atoms with Crippen molar-refractivity contribution in [2.45, 2.75) is 36.0 Å². The molecule has 25 heavy (non-hydrogen) atoms. The molecular formula is C19H23NO3S2. The lowest BCUT2D eigenvalue weighted by atomic mass is 10.1. The Hall–Kier alpha value is -1.50. The van der Waals surface area contributed by atoms with E-state index < -0.39 is 10.0 Å². The van der Waals surface area contributed by atoms with E-state index in [9.17, 15) is 8.42 Å². The van der Waals surface area contributed by atoms with Gasteiger partial charge in [-0.3, -0.25) is 0 Å². The molecule has 1 heterocycles. The van der Waals surface area contributed by atoms with Gasteiger partial charge in [-0.05, 0) is 43.2 Å². The number of ether oxygens (including phenoxy) is 1. The number of benzene rings is 2. The highest BCUT2D eigenvalue weighted by Gasteiger charge is 2.30. The lowest BCUT2D eigenvalue weighted by Crippen LogP contribution is -2.29. The van der Waals surface area contributed by atoms with Crippen LogP contribution in [0.3, 0.4) is 0 Å². The van der Waals surface area contributed by atoms with Crippen LogP contribution in [0.25, 0.3) is 0 Å². The molecule has 0 N–H and O–H groups in total. The highest BCUT2D eigenvalue weighted by Crippen LogP contribution is 2.25. The van der Waals surface area contributed by atoms with Crippen LogP contribution in [0.1, 0.15) is 18.9 Å². The Bertz CT molecular complexity index is 791. The van der Waals surface area contributed by atoms with Gasteiger partial charge in [0.15, 0.2) is 0 Å². The van der Waals surface area contributed by atoms with Gasteiger partial charge in [0, 0.05) is 24.8 Å². The van der Waals surface area contributed by atoms with Crippen molar-refractivity contribution >= 4 is 22.7 Å². The lowest BCUT2D eigenvalue weighted by molar-refractivity contribution is 0.222. The first-order valence-corrected chi connectivity index (χ1v) is 10.4. The van der Waals surface area contributed by atoms with Crippen molar-refractivity contribution in [2.75, 3.05) is 13.1 Å². The minimum absolute atomic E-state index is 0.00776. The first kappa shape index (κ1) is 18.3. The Balaban J connectivity index is 1.64. The van der Waals surface area contributed by atoms with Crippen molar-refractivity contribution in [3.05, 3.63) is 60.2 Å². The maximum Gasteiger partial charge on any atom is 0.243 e. The third kappa shape index (κ3) is 4.57. The van der Waals surface area contributed by atoms with E-state index in [0.717, 1.165) is 12.8 Å². The van der Waals surface area contributed by atoms with E-state index in [1.807, 2.05) is 25.1 Å². The second kappa shape index (κ2) is 7.81. The highest BCUT2D eigenvalue weighted by molar-refractivity contribution is 7.89. The van der Waals surface area contributed by atoms with Gasteiger partial charge >= 0.3 is 0 Å². The van der Waals surface area contributed by atoms with Gasteiger partial charge in [0.05, 0.1) is 11.0 Å². The topological polar surface area (TPSA) is 46.6 Å². The minimum atomic E-state index is -3.44. The number of sulfonamides is 1. The van der Waals surface area contributed by atoms with E-state index in [1.54, 1.807) is 24.3 Å². The quantitative estimate of drug-likeness (QED) is 0.785. The zero-order chi connectivity index (χ0) is 17.9. The summed E-state index contributed by atoms with van der Waals surface area (Å²) in [5, 5.41) is 0.121. The molecule has 0 amide bonds. The Labute approximate surface area is 155 Å². The molecule has 134 valence electrons. The summed E-state index contributed by atoms with van der Waals surface area (Å²) < 4.78 is 32.6. The van der Waals surface area contributed by atoms with Gasteiger partial charge < -0.3 is 4.74 Å². The van der Waals surface area contributed by atoms with E-state index in [1.165, 1.54) is 9.87 Å². The highest BCUT2D eigenvalue weighted by atomic mass is 32.2. The van der Waals surface area contributed by atoms with Gasteiger partial charge in [-0.25, -0.2) is 8.42 Å². The number of thiol groups is 1. The molecule has 1 aliphatic heterocycles. The molecule has 6 heteroatoms. The van der Waals surface area contributed by atoms with E-state index in [0.29, 0.717) is 23.7 Å². The van der Waals surface area contributed by atoms with Crippen molar-refractivity contribution in [3.8, 4) is 5.75 Å². The summed E-state index contributed by atoms with van der Waals surface area (Å²) in [5.74, 6) is 0.677. The van der Waals surface area contributed by atoms with E-state index in [-0.39, 0.29) is 11.4 Å². The SMILES string of the molecule is CC(Cc1ccccc1)Oc1ccc(S(=O)(=O)N2CC[C@H](S)C2)cc1. The molecule has 0 aromatic heterocycles. The predicted octanol–water partition coefficient (Wildman–Crippen LogP) is 3.39. The van der Waals surface area contributed by atoms with Crippen molar-refractivity contribution < 1.29 is 13.2 Å². The second-order valence-electron chi connectivity index (χ2n) is 6.40. The summed E-state index contributed by atoms with van der Waals surface area (Å²) in [6.45, 7) is 3.01. The van der Waals surface area contributed by atoms with Crippen molar-refractivity contribution in [2.24, 2.45) is 0 Å². The molecule has 4 nitrogen and oxygen atoms in total. The molecule has 2 aromatic rings. The maximum atomic E-state index is 12.6. The summed E-state index contributed by atoms with van der Waals surface area (Å²) in [6, 6.07) is 16.8. The van der Waals surface area contributed by atoms with Crippen LogP contribution in [-0.2, 0) is 16.4 Å². The van der Waals surface area contributed by atoms with Gasteiger partial charge in [0.2, 0.25) is 10.0 Å². The zero-order valence-corrected chi connectivity index (χ0v) is 15.9. The van der Waals surface area contributed by atoms with Gasteiger partial charge in [0.25, 0.3) is 0 Å². The summed E-state index contributed by atoms with van der Waals surface area (Å²) >= 11 is 4.36. The Morgan fingerprint density at radius 2 is 1.84 bits per heavy atom. The average Bonchev–Trinajstić information content (AvgIpc) is 3.03. The normalized spacial score (nSPS) is 19.7. The molecular weight excluding hydrogens is 354 g/mol. The zero-order valence-electron chi connectivity index (χ0n) is 14.2. The second-order valence-corrected chi connectivity index (χ2v) is 9.06. The number of rotatable bonds is 6. The molecule has 0 aliphatic carbocycles. The van der Waals surface area contributed by atoms with Gasteiger partial charge in [-0.1, -0.05) is 30.3 Å². The molecule has 2 atom stereocenters. The average molecular weight is 378 g/mol. The summed E-state index contributed by atoms with van der Waals surface area (Å²) in [6.07, 6.45) is 1.60. The van der Waals surface area contributed by atoms with Crippen molar-refractivity contribution in [1.29, 1.82) is 0 Å². The largest absolute Gasteiger partial charge is 0.490 e. The van der Waals surface area contributed by atoms with E-state index in [2.05, 4.69) is 24.8 Å². The molecule has 2 aromatic carbocycles. The van der Waals surface area contributed by atoms with Crippen LogP contribution in [0.15, 0.2) is 59.5 Å². The van der Waals surface area contributed by atoms with Gasteiger partial charge in [-0.2, -0.15) is 16.9 Å². The molecule has 0 saturated carbocycles. The number of hydrogen-bond donors (Lipinski definition) is 1. The van der Waals surface area contributed by atoms with Crippen molar-refractivity contribution in [3.63, 3.8) is 0 Å². The summed E-state index contributed by atoms with van der Waals surface area (Å²) in [4.78, 5) is 0.304. The molecule has 0 bridgehead atoms. The first-order chi connectivity index (χ1) is 11.9. The smallest absolute Gasteiger partial charge is 0.243 e. The molecule has 1 fully saturated rings. The number of nitrogens with zero attached hydrogens (tertiary/aromatic N) is 1. The molecule has 1 saturated heterocycles. The molecule has 3 rings (SSSR count). The van der Waals surface area contributed by atoms with E-state index >= 15 is 0 Å². The third-order valence-electron chi connectivity index (χ3n) is 4.29. The minimum Gasteiger partial charge on any atom is -0.490 e. The first-order valence-electron chi connectivity index (χ1n) is 8.44. The monoisotopic (exact) mass is 377 g/mol. The van der Waals surface area contributed by atoms with Crippen LogP contribution >= 0.6 is 12.6 Å². The van der Waals surface area contributed by atoms with Crippen LogP contribution in [0.4, 0.5) is 0 Å².